The molecule has 108 valence electrons. The molecule has 21 heavy (non-hydrogen) atoms. The summed E-state index contributed by atoms with van der Waals surface area (Å²) in [6.07, 6.45) is 3.96. The maximum absolute atomic E-state index is 10.8. The van der Waals surface area contributed by atoms with Crippen molar-refractivity contribution in [1.29, 1.82) is 0 Å². The maximum Gasteiger partial charge on any atom is 0.186 e. The predicted molar refractivity (Wildman–Crippen MR) is 89.5 cm³/mol. The fraction of sp³-hybridized carbons (Fsp3) is 0.118. The molecule has 3 nitrogen and oxygen atoms in total. The molecule has 0 heterocycles. The van der Waals surface area contributed by atoms with Crippen molar-refractivity contribution in [3.8, 4) is 11.5 Å². The monoisotopic (exact) mass is 299 g/mol. The van der Waals surface area contributed by atoms with Crippen molar-refractivity contribution in [2.24, 2.45) is 0 Å². The van der Waals surface area contributed by atoms with Crippen LogP contribution in [0.2, 0.25) is 0 Å². The van der Waals surface area contributed by atoms with Crippen LogP contribution in [-0.4, -0.2) is 10.9 Å². The van der Waals surface area contributed by atoms with Gasteiger partial charge in [-0.3, -0.25) is 4.79 Å². The van der Waals surface area contributed by atoms with Crippen LogP contribution in [0.15, 0.2) is 54.6 Å². The first-order valence-electron chi connectivity index (χ1n) is 6.57. The molecule has 0 fully saturated rings. The highest BCUT2D eigenvalue weighted by atomic mass is 32.2. The molecule has 2 N–H and O–H groups in total. The van der Waals surface area contributed by atoms with Crippen molar-refractivity contribution in [1.82, 2.24) is 0 Å². The second kappa shape index (κ2) is 7.55. The molecule has 0 aromatic heterocycles. The molecule has 0 aliphatic rings. The molecule has 0 aliphatic carbocycles. The minimum atomic E-state index is 0.131. The molecule has 0 saturated carbocycles. The predicted octanol–water partition coefficient (Wildman–Crippen LogP) is 4.35. The molecular weight excluding hydrogens is 282 g/mol. The molecule has 0 spiro atoms. The van der Waals surface area contributed by atoms with Crippen LogP contribution in [0.1, 0.15) is 12.5 Å². The van der Waals surface area contributed by atoms with Crippen LogP contribution in [0.3, 0.4) is 0 Å². The van der Waals surface area contributed by atoms with Crippen LogP contribution >= 0.6 is 11.8 Å². The Hall–Kier alpha value is -2.20. The second-order valence-corrected chi connectivity index (χ2v) is 5.64. The SMILES string of the molecule is CC(=O)SCC=Cc1ccc(Oc2ccc(N)cc2)cc1. The number of benzene rings is 2. The van der Waals surface area contributed by atoms with Gasteiger partial charge in [-0.05, 0) is 42.0 Å². The van der Waals surface area contributed by atoms with Gasteiger partial charge >= 0.3 is 0 Å². The topological polar surface area (TPSA) is 52.3 Å². The quantitative estimate of drug-likeness (QED) is 0.834. The van der Waals surface area contributed by atoms with Gasteiger partial charge in [0, 0.05) is 18.4 Å². The average molecular weight is 299 g/mol. The van der Waals surface area contributed by atoms with Gasteiger partial charge in [-0.15, -0.1) is 0 Å². The Morgan fingerprint density at radius 2 is 1.67 bits per heavy atom. The van der Waals surface area contributed by atoms with E-state index in [1.165, 1.54) is 11.8 Å². The van der Waals surface area contributed by atoms with Crippen LogP contribution < -0.4 is 10.5 Å². The van der Waals surface area contributed by atoms with Gasteiger partial charge < -0.3 is 10.5 Å². The zero-order valence-electron chi connectivity index (χ0n) is 11.8. The molecule has 0 unspecified atom stereocenters. The number of carbonyl (C=O) groups is 1. The van der Waals surface area contributed by atoms with E-state index in [2.05, 4.69) is 0 Å². The van der Waals surface area contributed by atoms with Crippen molar-refractivity contribution in [3.05, 3.63) is 60.2 Å². The van der Waals surface area contributed by atoms with E-state index in [4.69, 9.17) is 10.5 Å². The largest absolute Gasteiger partial charge is 0.457 e. The van der Waals surface area contributed by atoms with Crippen LogP contribution in [0.5, 0.6) is 11.5 Å². The molecule has 2 aromatic rings. The third-order valence-corrected chi connectivity index (χ3v) is 3.45. The van der Waals surface area contributed by atoms with Gasteiger partial charge in [-0.1, -0.05) is 36.0 Å². The number of thioether (sulfide) groups is 1. The summed E-state index contributed by atoms with van der Waals surface area (Å²) in [4.78, 5) is 10.8. The van der Waals surface area contributed by atoms with E-state index < -0.39 is 0 Å². The fourth-order valence-electron chi connectivity index (χ4n) is 1.67. The molecule has 2 rings (SSSR count). The van der Waals surface area contributed by atoms with Gasteiger partial charge in [-0.25, -0.2) is 0 Å². The zero-order chi connectivity index (χ0) is 15.1. The van der Waals surface area contributed by atoms with E-state index in [-0.39, 0.29) is 5.12 Å². The highest BCUT2D eigenvalue weighted by Crippen LogP contribution is 2.22. The molecule has 4 heteroatoms. The minimum Gasteiger partial charge on any atom is -0.457 e. The number of nitrogens with two attached hydrogens (primary N) is 1. The van der Waals surface area contributed by atoms with E-state index in [1.54, 1.807) is 19.1 Å². The van der Waals surface area contributed by atoms with E-state index in [1.807, 2.05) is 48.6 Å². The van der Waals surface area contributed by atoms with E-state index in [0.29, 0.717) is 11.4 Å². The summed E-state index contributed by atoms with van der Waals surface area (Å²) in [5.74, 6) is 2.22. The van der Waals surface area contributed by atoms with Crippen molar-refractivity contribution >= 4 is 28.6 Å². The summed E-state index contributed by atoms with van der Waals surface area (Å²) in [6, 6.07) is 15.0. The lowest BCUT2D eigenvalue weighted by atomic mass is 10.2. The first kappa shape index (κ1) is 15.2. The molecule has 0 radical (unpaired) electrons. The van der Waals surface area contributed by atoms with E-state index in [0.717, 1.165) is 17.1 Å². The highest BCUT2D eigenvalue weighted by molar-refractivity contribution is 8.13. The Morgan fingerprint density at radius 3 is 2.24 bits per heavy atom. The molecule has 0 amide bonds. The summed E-state index contributed by atoms with van der Waals surface area (Å²) in [5, 5.41) is 0.131. The lowest BCUT2D eigenvalue weighted by Gasteiger charge is -2.06. The first-order chi connectivity index (χ1) is 10.1. The van der Waals surface area contributed by atoms with Crippen molar-refractivity contribution in [2.75, 3.05) is 11.5 Å². The van der Waals surface area contributed by atoms with Crippen molar-refractivity contribution in [3.63, 3.8) is 0 Å². The number of hydrogen-bond donors (Lipinski definition) is 1. The van der Waals surface area contributed by atoms with Gasteiger partial charge in [-0.2, -0.15) is 0 Å². The van der Waals surface area contributed by atoms with Crippen LogP contribution in [0.4, 0.5) is 5.69 Å². The van der Waals surface area contributed by atoms with Crippen LogP contribution in [0.25, 0.3) is 6.08 Å². The molecule has 0 aliphatic heterocycles. The molecule has 0 atom stereocenters. The number of rotatable bonds is 5. The summed E-state index contributed by atoms with van der Waals surface area (Å²) >= 11 is 1.30. The Kier molecular flexibility index (Phi) is 5.46. The number of carbonyl (C=O) groups excluding carboxylic acids is 1. The second-order valence-electron chi connectivity index (χ2n) is 4.45. The molecular formula is C17H17NO2S. The van der Waals surface area contributed by atoms with Gasteiger partial charge in [0.2, 0.25) is 0 Å². The number of hydrogen-bond acceptors (Lipinski definition) is 4. The van der Waals surface area contributed by atoms with E-state index in [9.17, 15) is 4.79 Å². The van der Waals surface area contributed by atoms with E-state index >= 15 is 0 Å². The Bertz CT molecular complexity index is 618. The van der Waals surface area contributed by atoms with Crippen LogP contribution in [-0.2, 0) is 4.79 Å². The van der Waals surface area contributed by atoms with Gasteiger partial charge in [0.05, 0.1) is 0 Å². The van der Waals surface area contributed by atoms with Gasteiger partial charge in [0.1, 0.15) is 11.5 Å². The fourth-order valence-corrected chi connectivity index (χ4v) is 2.10. The number of anilines is 1. The lowest BCUT2D eigenvalue weighted by Crippen LogP contribution is -1.86. The normalized spacial score (nSPS) is 10.7. The summed E-state index contributed by atoms with van der Waals surface area (Å²) in [6.45, 7) is 1.57. The number of ether oxygens (including phenoxy) is 1. The lowest BCUT2D eigenvalue weighted by molar-refractivity contribution is -0.109. The van der Waals surface area contributed by atoms with Gasteiger partial charge in [0.25, 0.3) is 0 Å². The summed E-state index contributed by atoms with van der Waals surface area (Å²) in [7, 11) is 0. The maximum atomic E-state index is 10.8. The Morgan fingerprint density at radius 1 is 1.10 bits per heavy atom. The Labute approximate surface area is 128 Å². The van der Waals surface area contributed by atoms with Crippen LogP contribution in [0, 0.1) is 0 Å². The smallest absolute Gasteiger partial charge is 0.186 e. The third-order valence-electron chi connectivity index (χ3n) is 2.69. The summed E-state index contributed by atoms with van der Waals surface area (Å²) in [5.41, 5.74) is 7.42. The first-order valence-corrected chi connectivity index (χ1v) is 7.55. The minimum absolute atomic E-state index is 0.131. The van der Waals surface area contributed by atoms with Gasteiger partial charge in [0.15, 0.2) is 5.12 Å². The molecule has 2 aromatic carbocycles. The Balaban J connectivity index is 1.92. The van der Waals surface area contributed by atoms with Crippen molar-refractivity contribution in [2.45, 2.75) is 6.92 Å². The highest BCUT2D eigenvalue weighted by Gasteiger charge is 1.97. The third kappa shape index (κ3) is 5.36. The number of nitrogen functional groups attached to an aromatic ring is 1. The molecule has 0 saturated heterocycles. The zero-order valence-corrected chi connectivity index (χ0v) is 12.6. The standard InChI is InChI=1S/C17H17NO2S/c1-13(19)21-12-2-3-14-4-8-16(9-5-14)20-17-10-6-15(18)7-11-17/h2-11H,12,18H2,1H3. The average Bonchev–Trinajstić information content (AvgIpc) is 2.47. The molecule has 0 bridgehead atoms. The van der Waals surface area contributed by atoms with Crippen molar-refractivity contribution < 1.29 is 9.53 Å². The summed E-state index contributed by atoms with van der Waals surface area (Å²) < 4.78 is 5.72.